The van der Waals surface area contributed by atoms with E-state index in [9.17, 15) is 9.59 Å². The van der Waals surface area contributed by atoms with E-state index in [1.165, 1.54) is 6.07 Å². The maximum Gasteiger partial charge on any atom is 0.337 e. The van der Waals surface area contributed by atoms with Crippen LogP contribution in [0.15, 0.2) is 18.2 Å². The Bertz CT molecular complexity index is 460. The summed E-state index contributed by atoms with van der Waals surface area (Å²) < 4.78 is 0. The van der Waals surface area contributed by atoms with E-state index in [1.807, 2.05) is 6.92 Å². The summed E-state index contributed by atoms with van der Waals surface area (Å²) in [4.78, 5) is 24.2. The number of carbonyl (C=O) groups excluding carboxylic acids is 1. The van der Waals surface area contributed by atoms with Gasteiger partial charge in [-0.15, -0.1) is 0 Å². The third-order valence-electron chi connectivity index (χ3n) is 2.60. The number of nitrogen functional groups attached to an aromatic ring is 1. The first-order valence-electron chi connectivity index (χ1n) is 5.56. The zero-order valence-electron chi connectivity index (χ0n) is 10.4. The van der Waals surface area contributed by atoms with Crippen LogP contribution in [-0.2, 0) is 4.79 Å². The van der Waals surface area contributed by atoms with Gasteiger partial charge < -0.3 is 21.1 Å². The standard InChI is InChI=1S/C12H17N3O3/c1-3-15(2)11(16)7-14-10-5-4-8(13)6-9(10)12(17)18/h4-6,14H,3,7,13H2,1-2H3,(H,17,18). The van der Waals surface area contributed by atoms with Gasteiger partial charge in [0, 0.05) is 25.0 Å². The number of nitrogens with one attached hydrogen (secondary N) is 1. The number of hydrogen-bond acceptors (Lipinski definition) is 4. The normalized spacial score (nSPS) is 9.89. The monoisotopic (exact) mass is 251 g/mol. The molecule has 0 aliphatic rings. The molecule has 98 valence electrons. The Kier molecular flexibility index (Phi) is 4.53. The van der Waals surface area contributed by atoms with E-state index in [1.54, 1.807) is 24.1 Å². The largest absolute Gasteiger partial charge is 0.478 e. The molecule has 6 nitrogen and oxygen atoms in total. The highest BCUT2D eigenvalue weighted by molar-refractivity contribution is 5.96. The lowest BCUT2D eigenvalue weighted by Crippen LogP contribution is -2.32. The van der Waals surface area contributed by atoms with Gasteiger partial charge in [0.15, 0.2) is 0 Å². The van der Waals surface area contributed by atoms with Crippen molar-refractivity contribution in [2.45, 2.75) is 6.92 Å². The lowest BCUT2D eigenvalue weighted by Gasteiger charge is -2.16. The lowest BCUT2D eigenvalue weighted by atomic mass is 10.1. The summed E-state index contributed by atoms with van der Waals surface area (Å²) in [6.45, 7) is 2.52. The van der Waals surface area contributed by atoms with Gasteiger partial charge in [-0.2, -0.15) is 0 Å². The van der Waals surface area contributed by atoms with Crippen LogP contribution >= 0.6 is 0 Å². The molecule has 0 bridgehead atoms. The van der Waals surface area contributed by atoms with Gasteiger partial charge in [0.05, 0.1) is 12.1 Å². The van der Waals surface area contributed by atoms with Crippen molar-refractivity contribution in [1.82, 2.24) is 4.90 Å². The molecule has 0 saturated heterocycles. The molecule has 0 spiro atoms. The molecule has 0 radical (unpaired) electrons. The van der Waals surface area contributed by atoms with Crippen molar-refractivity contribution in [2.75, 3.05) is 31.2 Å². The van der Waals surface area contributed by atoms with Crippen LogP contribution in [0.1, 0.15) is 17.3 Å². The van der Waals surface area contributed by atoms with Crippen LogP contribution in [0, 0.1) is 0 Å². The Morgan fingerprint density at radius 2 is 2.11 bits per heavy atom. The predicted octanol–water partition coefficient (Wildman–Crippen LogP) is 0.857. The molecule has 0 aromatic heterocycles. The average Bonchev–Trinajstić information content (AvgIpc) is 2.35. The van der Waals surface area contributed by atoms with E-state index in [0.29, 0.717) is 17.9 Å². The number of hydrogen-bond donors (Lipinski definition) is 3. The second kappa shape index (κ2) is 5.90. The molecular formula is C12H17N3O3. The second-order valence-corrected chi connectivity index (χ2v) is 3.87. The molecule has 1 aromatic rings. The van der Waals surface area contributed by atoms with Crippen LogP contribution in [0.25, 0.3) is 0 Å². The SMILES string of the molecule is CCN(C)C(=O)CNc1ccc(N)cc1C(=O)O. The Balaban J connectivity index is 2.79. The van der Waals surface area contributed by atoms with E-state index >= 15 is 0 Å². The van der Waals surface area contributed by atoms with Gasteiger partial charge in [-0.1, -0.05) is 0 Å². The molecule has 1 rings (SSSR count). The second-order valence-electron chi connectivity index (χ2n) is 3.87. The number of nitrogens with two attached hydrogens (primary N) is 1. The Morgan fingerprint density at radius 1 is 1.44 bits per heavy atom. The molecule has 0 heterocycles. The van der Waals surface area contributed by atoms with E-state index in [0.717, 1.165) is 0 Å². The highest BCUT2D eigenvalue weighted by Gasteiger charge is 2.12. The fraction of sp³-hybridized carbons (Fsp3) is 0.333. The summed E-state index contributed by atoms with van der Waals surface area (Å²) in [6.07, 6.45) is 0. The topological polar surface area (TPSA) is 95.7 Å². The smallest absolute Gasteiger partial charge is 0.337 e. The van der Waals surface area contributed by atoms with Crippen LogP contribution in [-0.4, -0.2) is 42.0 Å². The number of aromatic carboxylic acids is 1. The first kappa shape index (κ1) is 13.8. The summed E-state index contributed by atoms with van der Waals surface area (Å²) >= 11 is 0. The zero-order chi connectivity index (χ0) is 13.7. The number of nitrogens with zero attached hydrogens (tertiary/aromatic N) is 1. The summed E-state index contributed by atoms with van der Waals surface area (Å²) in [6, 6.07) is 4.50. The van der Waals surface area contributed by atoms with Gasteiger partial charge in [-0.25, -0.2) is 4.79 Å². The summed E-state index contributed by atoms with van der Waals surface area (Å²) in [5.74, 6) is -1.19. The minimum absolute atomic E-state index is 0.0501. The predicted molar refractivity (Wildman–Crippen MR) is 69.6 cm³/mol. The molecule has 0 unspecified atom stereocenters. The number of amides is 1. The van der Waals surface area contributed by atoms with Crippen LogP contribution in [0.5, 0.6) is 0 Å². The number of carbonyl (C=O) groups is 2. The van der Waals surface area contributed by atoms with Crippen molar-refractivity contribution in [3.63, 3.8) is 0 Å². The molecule has 18 heavy (non-hydrogen) atoms. The van der Waals surface area contributed by atoms with E-state index < -0.39 is 5.97 Å². The first-order valence-corrected chi connectivity index (χ1v) is 5.56. The van der Waals surface area contributed by atoms with Crippen molar-refractivity contribution in [3.05, 3.63) is 23.8 Å². The fourth-order valence-corrected chi connectivity index (χ4v) is 1.38. The molecular weight excluding hydrogens is 234 g/mol. The van der Waals surface area contributed by atoms with Gasteiger partial charge in [0.2, 0.25) is 5.91 Å². The summed E-state index contributed by atoms with van der Waals surface area (Å²) in [7, 11) is 1.69. The quantitative estimate of drug-likeness (QED) is 0.674. The third kappa shape index (κ3) is 3.38. The Hall–Kier alpha value is -2.24. The number of rotatable bonds is 5. The van der Waals surface area contributed by atoms with Gasteiger partial charge >= 0.3 is 5.97 Å². The molecule has 0 fully saturated rings. The minimum atomic E-state index is -1.08. The first-order chi connectivity index (χ1) is 8.45. The molecule has 0 aliphatic heterocycles. The number of carboxylic acids is 1. The molecule has 4 N–H and O–H groups in total. The molecule has 6 heteroatoms. The number of anilines is 2. The lowest BCUT2D eigenvalue weighted by molar-refractivity contribution is -0.127. The highest BCUT2D eigenvalue weighted by atomic mass is 16.4. The van der Waals surface area contributed by atoms with Crippen LogP contribution in [0.3, 0.4) is 0 Å². The summed E-state index contributed by atoms with van der Waals surface area (Å²) in [5, 5.41) is 11.8. The Morgan fingerprint density at radius 3 is 2.67 bits per heavy atom. The number of likely N-dealkylation sites (N-methyl/N-ethyl adjacent to an activating group) is 1. The summed E-state index contributed by atoms with van der Waals surface area (Å²) in [5.41, 5.74) is 6.34. The zero-order valence-corrected chi connectivity index (χ0v) is 10.4. The van der Waals surface area contributed by atoms with Crippen LogP contribution < -0.4 is 11.1 Å². The number of benzene rings is 1. The van der Waals surface area contributed by atoms with E-state index in [2.05, 4.69) is 5.32 Å². The van der Waals surface area contributed by atoms with E-state index in [-0.39, 0.29) is 18.0 Å². The van der Waals surface area contributed by atoms with Gasteiger partial charge in [0.1, 0.15) is 0 Å². The van der Waals surface area contributed by atoms with Crippen LogP contribution in [0.2, 0.25) is 0 Å². The fourth-order valence-electron chi connectivity index (χ4n) is 1.38. The average molecular weight is 251 g/mol. The van der Waals surface area contributed by atoms with E-state index in [4.69, 9.17) is 10.8 Å². The van der Waals surface area contributed by atoms with Crippen molar-refractivity contribution >= 4 is 23.3 Å². The van der Waals surface area contributed by atoms with Crippen molar-refractivity contribution in [2.24, 2.45) is 0 Å². The van der Waals surface area contributed by atoms with Crippen molar-refractivity contribution < 1.29 is 14.7 Å². The maximum absolute atomic E-state index is 11.6. The van der Waals surface area contributed by atoms with Crippen LogP contribution in [0.4, 0.5) is 11.4 Å². The molecule has 1 aromatic carbocycles. The molecule has 1 amide bonds. The third-order valence-corrected chi connectivity index (χ3v) is 2.60. The van der Waals surface area contributed by atoms with Gasteiger partial charge in [0.25, 0.3) is 0 Å². The van der Waals surface area contributed by atoms with Gasteiger partial charge in [-0.3, -0.25) is 4.79 Å². The van der Waals surface area contributed by atoms with Crippen molar-refractivity contribution in [1.29, 1.82) is 0 Å². The molecule has 0 aliphatic carbocycles. The highest BCUT2D eigenvalue weighted by Crippen LogP contribution is 2.18. The van der Waals surface area contributed by atoms with Gasteiger partial charge in [-0.05, 0) is 25.1 Å². The maximum atomic E-state index is 11.6. The Labute approximate surface area is 105 Å². The number of carboxylic acid groups (broad SMARTS) is 1. The molecule has 0 saturated carbocycles. The van der Waals surface area contributed by atoms with Crippen molar-refractivity contribution in [3.8, 4) is 0 Å². The molecule has 0 atom stereocenters. The minimum Gasteiger partial charge on any atom is -0.478 e.